The third-order valence-electron chi connectivity index (χ3n) is 3.80. The smallest absolute Gasteiger partial charge is 0.186 e. The molecule has 7 heteroatoms. The van der Waals surface area contributed by atoms with Gasteiger partial charge in [0.05, 0.1) is 12.0 Å². The highest BCUT2D eigenvalue weighted by Gasteiger charge is 2.18. The number of ether oxygens (including phenoxy) is 1. The van der Waals surface area contributed by atoms with Gasteiger partial charge >= 0.3 is 0 Å². The van der Waals surface area contributed by atoms with Crippen LogP contribution in [0.25, 0.3) is 11.0 Å². The zero-order valence-electron chi connectivity index (χ0n) is 12.0. The highest BCUT2D eigenvalue weighted by Crippen LogP contribution is 2.33. The van der Waals surface area contributed by atoms with Gasteiger partial charge in [0, 0.05) is 29.2 Å². The van der Waals surface area contributed by atoms with Crippen LogP contribution >= 0.6 is 11.6 Å². The van der Waals surface area contributed by atoms with E-state index in [2.05, 4.69) is 25.5 Å². The number of aryl methyl sites for hydroxylation is 1. The fourth-order valence-corrected chi connectivity index (χ4v) is 3.05. The highest BCUT2D eigenvalue weighted by molar-refractivity contribution is 6.30. The van der Waals surface area contributed by atoms with Gasteiger partial charge in [-0.1, -0.05) is 11.6 Å². The number of aromatic amines is 1. The first-order valence-corrected chi connectivity index (χ1v) is 7.44. The first-order valence-electron chi connectivity index (χ1n) is 7.06. The molecule has 0 spiro atoms. The number of nitrogens with one attached hydrogen (secondary N) is 2. The van der Waals surface area contributed by atoms with E-state index in [1.165, 1.54) is 6.33 Å². The molecular formula is C15H14ClN5O. The van der Waals surface area contributed by atoms with Crippen LogP contribution in [0, 0.1) is 6.92 Å². The van der Waals surface area contributed by atoms with Gasteiger partial charge in [0.2, 0.25) is 0 Å². The predicted octanol–water partition coefficient (Wildman–Crippen LogP) is 2.86. The van der Waals surface area contributed by atoms with Gasteiger partial charge in [0.15, 0.2) is 5.65 Å². The summed E-state index contributed by atoms with van der Waals surface area (Å²) in [5.74, 6) is 1.69. The summed E-state index contributed by atoms with van der Waals surface area (Å²) in [5, 5.41) is 12.0. The second kappa shape index (κ2) is 5.14. The second-order valence-electron chi connectivity index (χ2n) is 5.27. The Balaban J connectivity index is 1.67. The van der Waals surface area contributed by atoms with Crippen LogP contribution in [0.15, 0.2) is 18.5 Å². The van der Waals surface area contributed by atoms with E-state index in [0.29, 0.717) is 18.8 Å². The average molecular weight is 316 g/mol. The van der Waals surface area contributed by atoms with Crippen LogP contribution in [0.2, 0.25) is 5.02 Å². The summed E-state index contributed by atoms with van der Waals surface area (Å²) in [6.07, 6.45) is 2.41. The summed E-state index contributed by atoms with van der Waals surface area (Å²) in [5.41, 5.74) is 3.79. The summed E-state index contributed by atoms with van der Waals surface area (Å²) >= 11 is 6.19. The zero-order chi connectivity index (χ0) is 15.1. The maximum absolute atomic E-state index is 6.19. The van der Waals surface area contributed by atoms with Crippen LogP contribution < -0.4 is 10.1 Å². The fraction of sp³-hybridized carbons (Fsp3) is 0.267. The minimum atomic E-state index is 0.583. The molecule has 0 unspecified atom stereocenters. The summed E-state index contributed by atoms with van der Waals surface area (Å²) in [4.78, 5) is 8.47. The van der Waals surface area contributed by atoms with Crippen LogP contribution in [-0.4, -0.2) is 26.8 Å². The van der Waals surface area contributed by atoms with Gasteiger partial charge in [-0.25, -0.2) is 9.97 Å². The Morgan fingerprint density at radius 2 is 2.27 bits per heavy atom. The molecule has 0 aliphatic carbocycles. The van der Waals surface area contributed by atoms with Crippen molar-refractivity contribution >= 4 is 28.5 Å². The first-order chi connectivity index (χ1) is 10.7. The van der Waals surface area contributed by atoms with Gasteiger partial charge in [-0.05, 0) is 24.6 Å². The molecule has 1 aliphatic heterocycles. The Kier molecular flexibility index (Phi) is 3.11. The van der Waals surface area contributed by atoms with Gasteiger partial charge in [-0.15, -0.1) is 0 Å². The van der Waals surface area contributed by atoms with E-state index in [9.17, 15) is 0 Å². The Hall–Kier alpha value is -2.34. The standard InChI is InChI=1S/C15H14ClN5O/c1-8-12-14(18-7-19-15(12)21-20-8)17-6-10-5-11(16)4-9-2-3-22-13(9)10/h4-5,7H,2-3,6H2,1H3,(H2,17,18,19,20,21). The van der Waals surface area contributed by atoms with E-state index >= 15 is 0 Å². The number of aromatic nitrogens is 4. The van der Waals surface area contributed by atoms with Crippen molar-refractivity contribution in [2.75, 3.05) is 11.9 Å². The minimum absolute atomic E-state index is 0.583. The number of halogens is 1. The molecule has 2 aromatic heterocycles. The molecule has 4 rings (SSSR count). The van der Waals surface area contributed by atoms with Crippen LogP contribution in [0.3, 0.4) is 0 Å². The number of H-pyrrole nitrogens is 1. The SMILES string of the molecule is Cc1[nH]nc2ncnc(NCc3cc(Cl)cc4c3OCC4)c12. The molecule has 22 heavy (non-hydrogen) atoms. The lowest BCUT2D eigenvalue weighted by Crippen LogP contribution is -2.04. The molecule has 0 saturated carbocycles. The lowest BCUT2D eigenvalue weighted by molar-refractivity contribution is 0.354. The van der Waals surface area contributed by atoms with E-state index in [1.807, 2.05) is 19.1 Å². The van der Waals surface area contributed by atoms with Gasteiger partial charge in [-0.2, -0.15) is 5.10 Å². The molecule has 0 radical (unpaired) electrons. The number of benzene rings is 1. The van der Waals surface area contributed by atoms with Gasteiger partial charge < -0.3 is 10.1 Å². The van der Waals surface area contributed by atoms with Crippen molar-refractivity contribution < 1.29 is 4.74 Å². The summed E-state index contributed by atoms with van der Waals surface area (Å²) < 4.78 is 5.72. The monoisotopic (exact) mass is 315 g/mol. The van der Waals surface area contributed by atoms with E-state index in [0.717, 1.165) is 45.2 Å². The fourth-order valence-electron chi connectivity index (χ4n) is 2.79. The Morgan fingerprint density at radius 1 is 1.36 bits per heavy atom. The summed E-state index contributed by atoms with van der Waals surface area (Å²) in [6.45, 7) is 3.24. The molecule has 3 heterocycles. The number of hydrogen-bond acceptors (Lipinski definition) is 5. The molecule has 1 aromatic carbocycles. The van der Waals surface area contributed by atoms with Gasteiger partial charge in [0.1, 0.15) is 17.9 Å². The van der Waals surface area contributed by atoms with Crippen LogP contribution in [0.5, 0.6) is 5.75 Å². The minimum Gasteiger partial charge on any atom is -0.493 e. The summed E-state index contributed by atoms with van der Waals surface area (Å²) in [6, 6.07) is 3.90. The molecule has 3 aromatic rings. The normalized spacial score (nSPS) is 13.2. The number of hydrogen-bond donors (Lipinski definition) is 2. The van der Waals surface area contributed by atoms with Crippen molar-refractivity contribution in [1.29, 1.82) is 0 Å². The molecule has 112 valence electrons. The number of rotatable bonds is 3. The predicted molar refractivity (Wildman–Crippen MR) is 84.4 cm³/mol. The molecule has 6 nitrogen and oxygen atoms in total. The van der Waals surface area contributed by atoms with Crippen molar-refractivity contribution in [1.82, 2.24) is 20.2 Å². The molecule has 0 fully saturated rings. The highest BCUT2D eigenvalue weighted by atomic mass is 35.5. The Bertz CT molecular complexity index is 861. The maximum atomic E-state index is 6.19. The quantitative estimate of drug-likeness (QED) is 0.777. The van der Waals surface area contributed by atoms with E-state index in [4.69, 9.17) is 16.3 Å². The van der Waals surface area contributed by atoms with Gasteiger partial charge in [0.25, 0.3) is 0 Å². The molecule has 0 saturated heterocycles. The topological polar surface area (TPSA) is 75.7 Å². The third kappa shape index (κ3) is 2.16. The van der Waals surface area contributed by atoms with E-state index < -0.39 is 0 Å². The van der Waals surface area contributed by atoms with Crippen molar-refractivity contribution in [2.45, 2.75) is 19.9 Å². The number of nitrogens with zero attached hydrogens (tertiary/aromatic N) is 3. The van der Waals surface area contributed by atoms with Crippen molar-refractivity contribution in [3.8, 4) is 5.75 Å². The summed E-state index contributed by atoms with van der Waals surface area (Å²) in [7, 11) is 0. The van der Waals surface area contributed by atoms with Gasteiger partial charge in [-0.3, -0.25) is 5.10 Å². The number of anilines is 1. The van der Waals surface area contributed by atoms with E-state index in [1.54, 1.807) is 0 Å². The van der Waals surface area contributed by atoms with Crippen molar-refractivity contribution in [3.05, 3.63) is 40.3 Å². The van der Waals surface area contributed by atoms with Crippen LogP contribution in [-0.2, 0) is 13.0 Å². The third-order valence-corrected chi connectivity index (χ3v) is 4.02. The van der Waals surface area contributed by atoms with Crippen molar-refractivity contribution in [3.63, 3.8) is 0 Å². The van der Waals surface area contributed by atoms with Crippen LogP contribution in [0.4, 0.5) is 5.82 Å². The molecule has 0 atom stereocenters. The molecular weight excluding hydrogens is 302 g/mol. The Labute approximate surface area is 131 Å². The van der Waals surface area contributed by atoms with E-state index in [-0.39, 0.29) is 0 Å². The zero-order valence-corrected chi connectivity index (χ0v) is 12.7. The molecule has 0 bridgehead atoms. The Morgan fingerprint density at radius 3 is 3.18 bits per heavy atom. The lowest BCUT2D eigenvalue weighted by Gasteiger charge is -2.11. The molecule has 2 N–H and O–H groups in total. The first kappa shape index (κ1) is 13.3. The second-order valence-corrected chi connectivity index (χ2v) is 5.71. The van der Waals surface area contributed by atoms with Crippen molar-refractivity contribution in [2.24, 2.45) is 0 Å². The number of fused-ring (bicyclic) bond motifs is 2. The molecule has 1 aliphatic rings. The lowest BCUT2D eigenvalue weighted by atomic mass is 10.1. The largest absolute Gasteiger partial charge is 0.493 e. The van der Waals surface area contributed by atoms with Crippen LogP contribution in [0.1, 0.15) is 16.8 Å². The molecule has 0 amide bonds. The average Bonchev–Trinajstić information content (AvgIpc) is 3.12. The maximum Gasteiger partial charge on any atom is 0.186 e.